The number of benzene rings is 2. The summed E-state index contributed by atoms with van der Waals surface area (Å²) in [5, 5.41) is 4.19. The molecule has 1 atom stereocenters. The van der Waals surface area contributed by atoms with Gasteiger partial charge in [0.05, 0.1) is 0 Å². The number of halogens is 2. The van der Waals surface area contributed by atoms with E-state index in [0.717, 1.165) is 11.1 Å². The van der Waals surface area contributed by atoms with E-state index in [-0.39, 0.29) is 24.8 Å². The minimum Gasteiger partial charge on any atom is -0.354 e. The van der Waals surface area contributed by atoms with Crippen molar-refractivity contribution in [2.24, 2.45) is 5.92 Å². The van der Waals surface area contributed by atoms with Crippen LogP contribution in [-0.2, 0) is 22.6 Å². The van der Waals surface area contributed by atoms with E-state index in [1.165, 1.54) is 0 Å². The third-order valence-electron chi connectivity index (χ3n) is 4.94. The predicted octanol–water partition coefficient (Wildman–Crippen LogP) is 5.51. The molecule has 0 aliphatic rings. The highest BCUT2D eigenvalue weighted by Gasteiger charge is 2.29. The van der Waals surface area contributed by atoms with Crippen LogP contribution in [0, 0.1) is 5.92 Å². The second kappa shape index (κ2) is 12.0. The zero-order valence-corrected chi connectivity index (χ0v) is 19.3. The monoisotopic (exact) mass is 448 g/mol. The van der Waals surface area contributed by atoms with Crippen LogP contribution in [0.15, 0.2) is 48.5 Å². The summed E-state index contributed by atoms with van der Waals surface area (Å²) in [4.78, 5) is 27.8. The van der Waals surface area contributed by atoms with Gasteiger partial charge in [-0.2, -0.15) is 0 Å². The highest BCUT2D eigenvalue weighted by molar-refractivity contribution is 6.31. The standard InChI is InChI=1S/C24H30Cl2N2O2/c1-4-22(24(30)27-15-17(2)3)28(16-19-10-6-8-12-21(19)26)23(29)14-13-18-9-5-7-11-20(18)25/h5-12,17,22H,4,13-16H2,1-3H3,(H,27,30)/t22-/m1/s1. The molecule has 0 unspecified atom stereocenters. The molecule has 0 saturated carbocycles. The molecule has 6 heteroatoms. The summed E-state index contributed by atoms with van der Waals surface area (Å²) < 4.78 is 0. The number of nitrogens with zero attached hydrogens (tertiary/aromatic N) is 1. The average Bonchev–Trinajstić information content (AvgIpc) is 2.72. The van der Waals surface area contributed by atoms with Crippen LogP contribution in [0.5, 0.6) is 0 Å². The van der Waals surface area contributed by atoms with Crippen molar-refractivity contribution in [3.05, 3.63) is 69.7 Å². The third kappa shape index (κ3) is 7.03. The van der Waals surface area contributed by atoms with Crippen LogP contribution in [0.4, 0.5) is 0 Å². The number of hydrogen-bond acceptors (Lipinski definition) is 2. The lowest BCUT2D eigenvalue weighted by Gasteiger charge is -2.31. The quantitative estimate of drug-likeness (QED) is 0.520. The summed E-state index contributed by atoms with van der Waals surface area (Å²) in [5.74, 6) is 0.102. The second-order valence-electron chi connectivity index (χ2n) is 7.77. The number of nitrogens with one attached hydrogen (secondary N) is 1. The molecule has 2 rings (SSSR count). The van der Waals surface area contributed by atoms with Gasteiger partial charge in [0.15, 0.2) is 0 Å². The fourth-order valence-electron chi connectivity index (χ4n) is 3.24. The van der Waals surface area contributed by atoms with Gasteiger partial charge < -0.3 is 10.2 Å². The molecule has 0 aromatic heterocycles. The summed E-state index contributed by atoms with van der Waals surface area (Å²) in [6.45, 7) is 6.85. The molecule has 0 heterocycles. The number of carbonyl (C=O) groups excluding carboxylic acids is 2. The van der Waals surface area contributed by atoms with Crippen molar-refractivity contribution in [2.75, 3.05) is 6.54 Å². The van der Waals surface area contributed by atoms with Gasteiger partial charge in [0, 0.05) is 29.6 Å². The van der Waals surface area contributed by atoms with E-state index in [1.807, 2.05) is 63.2 Å². The van der Waals surface area contributed by atoms with Crippen molar-refractivity contribution in [1.82, 2.24) is 10.2 Å². The maximum Gasteiger partial charge on any atom is 0.242 e. The number of aryl methyl sites for hydroxylation is 1. The van der Waals surface area contributed by atoms with Crippen molar-refractivity contribution in [3.63, 3.8) is 0 Å². The van der Waals surface area contributed by atoms with E-state index in [4.69, 9.17) is 23.2 Å². The van der Waals surface area contributed by atoms with E-state index >= 15 is 0 Å². The smallest absolute Gasteiger partial charge is 0.242 e. The van der Waals surface area contributed by atoms with Crippen LogP contribution in [0.25, 0.3) is 0 Å². The minimum absolute atomic E-state index is 0.0959. The minimum atomic E-state index is -0.557. The molecule has 0 bridgehead atoms. The van der Waals surface area contributed by atoms with Crippen LogP contribution in [0.3, 0.4) is 0 Å². The Labute approximate surface area is 189 Å². The van der Waals surface area contributed by atoms with Crippen LogP contribution < -0.4 is 5.32 Å². The molecule has 0 aliphatic heterocycles. The summed E-state index contributed by atoms with van der Waals surface area (Å²) >= 11 is 12.6. The zero-order chi connectivity index (χ0) is 22.1. The molecule has 2 aromatic carbocycles. The Morgan fingerprint density at radius 3 is 2.07 bits per heavy atom. The first kappa shape index (κ1) is 24.2. The van der Waals surface area contributed by atoms with Gasteiger partial charge in [-0.3, -0.25) is 9.59 Å². The molecule has 0 radical (unpaired) electrons. The van der Waals surface area contributed by atoms with E-state index < -0.39 is 6.04 Å². The van der Waals surface area contributed by atoms with Crippen LogP contribution in [0.1, 0.15) is 44.7 Å². The van der Waals surface area contributed by atoms with Gasteiger partial charge in [0.25, 0.3) is 0 Å². The normalized spacial score (nSPS) is 11.9. The Bertz CT molecular complexity index is 855. The summed E-state index contributed by atoms with van der Waals surface area (Å²) in [5.41, 5.74) is 1.74. The first-order valence-electron chi connectivity index (χ1n) is 10.4. The highest BCUT2D eigenvalue weighted by atomic mass is 35.5. The molecule has 1 N–H and O–H groups in total. The number of carbonyl (C=O) groups is 2. The Morgan fingerprint density at radius 2 is 1.53 bits per heavy atom. The van der Waals surface area contributed by atoms with Gasteiger partial charge in [0.1, 0.15) is 6.04 Å². The fraction of sp³-hybridized carbons (Fsp3) is 0.417. The number of rotatable bonds is 10. The van der Waals surface area contributed by atoms with Gasteiger partial charge >= 0.3 is 0 Å². The first-order valence-corrected chi connectivity index (χ1v) is 11.1. The van der Waals surface area contributed by atoms with Gasteiger partial charge in [-0.1, -0.05) is 80.4 Å². The van der Waals surface area contributed by atoms with E-state index in [1.54, 1.807) is 11.0 Å². The number of amides is 2. The fourth-order valence-corrected chi connectivity index (χ4v) is 3.66. The van der Waals surface area contributed by atoms with Crippen molar-refractivity contribution >= 4 is 35.0 Å². The maximum absolute atomic E-state index is 13.2. The molecule has 2 amide bonds. The molecule has 2 aromatic rings. The molecule has 30 heavy (non-hydrogen) atoms. The predicted molar refractivity (Wildman–Crippen MR) is 124 cm³/mol. The first-order chi connectivity index (χ1) is 14.3. The zero-order valence-electron chi connectivity index (χ0n) is 17.8. The van der Waals surface area contributed by atoms with Gasteiger partial charge in [-0.05, 0) is 42.0 Å². The number of hydrogen-bond donors (Lipinski definition) is 1. The lowest BCUT2D eigenvalue weighted by Crippen LogP contribution is -2.49. The van der Waals surface area contributed by atoms with Crippen LogP contribution in [0.2, 0.25) is 10.0 Å². The third-order valence-corrected chi connectivity index (χ3v) is 5.67. The molecule has 0 aliphatic carbocycles. The van der Waals surface area contributed by atoms with E-state index in [9.17, 15) is 9.59 Å². The molecule has 4 nitrogen and oxygen atoms in total. The maximum atomic E-state index is 13.2. The summed E-state index contributed by atoms with van der Waals surface area (Å²) in [7, 11) is 0. The van der Waals surface area contributed by atoms with E-state index in [0.29, 0.717) is 35.3 Å². The molecule has 0 fully saturated rings. The molecule has 0 spiro atoms. The lowest BCUT2D eigenvalue weighted by molar-refractivity contribution is -0.141. The Morgan fingerprint density at radius 1 is 0.967 bits per heavy atom. The van der Waals surface area contributed by atoms with E-state index in [2.05, 4.69) is 5.32 Å². The lowest BCUT2D eigenvalue weighted by atomic mass is 10.1. The molecular weight excluding hydrogens is 419 g/mol. The topological polar surface area (TPSA) is 49.4 Å². The van der Waals surface area contributed by atoms with Crippen molar-refractivity contribution < 1.29 is 9.59 Å². The Hall–Kier alpha value is -2.04. The van der Waals surface area contributed by atoms with Crippen LogP contribution in [-0.4, -0.2) is 29.3 Å². The van der Waals surface area contributed by atoms with Gasteiger partial charge in [0.2, 0.25) is 11.8 Å². The highest BCUT2D eigenvalue weighted by Crippen LogP contribution is 2.22. The Kier molecular flexibility index (Phi) is 9.67. The molecule has 162 valence electrons. The van der Waals surface area contributed by atoms with Gasteiger partial charge in [-0.25, -0.2) is 0 Å². The summed E-state index contributed by atoms with van der Waals surface area (Å²) in [6.07, 6.45) is 1.30. The second-order valence-corrected chi connectivity index (χ2v) is 8.58. The molecular formula is C24H30Cl2N2O2. The van der Waals surface area contributed by atoms with Crippen molar-refractivity contribution in [1.29, 1.82) is 0 Å². The van der Waals surface area contributed by atoms with Crippen LogP contribution >= 0.6 is 23.2 Å². The van der Waals surface area contributed by atoms with Crippen molar-refractivity contribution in [3.8, 4) is 0 Å². The molecule has 0 saturated heterocycles. The van der Waals surface area contributed by atoms with Crippen molar-refractivity contribution in [2.45, 2.75) is 52.6 Å². The Balaban J connectivity index is 2.22. The SMILES string of the molecule is CC[C@H](C(=O)NCC(C)C)N(Cc1ccccc1Cl)C(=O)CCc1ccccc1Cl. The average molecular weight is 449 g/mol. The van der Waals surface area contributed by atoms with Gasteiger partial charge in [-0.15, -0.1) is 0 Å². The largest absolute Gasteiger partial charge is 0.354 e. The summed E-state index contributed by atoms with van der Waals surface area (Å²) in [6, 6.07) is 14.4.